The number of fused-ring (bicyclic) bond motifs is 1. The van der Waals surface area contributed by atoms with Gasteiger partial charge in [-0.2, -0.15) is 0 Å². The van der Waals surface area contributed by atoms with Gasteiger partial charge in [0.05, 0.1) is 5.75 Å². The molecule has 1 heterocycles. The van der Waals surface area contributed by atoms with Gasteiger partial charge in [-0.3, -0.25) is 4.79 Å². The number of hydrogen-bond acceptors (Lipinski definition) is 5. The maximum atomic E-state index is 12.8. The number of carbonyl (C=O) groups is 1. The number of sulfonamides is 1. The Bertz CT molecular complexity index is 900. The molecule has 1 aliphatic heterocycles. The molecule has 0 unspecified atom stereocenters. The van der Waals surface area contributed by atoms with Crippen LogP contribution in [-0.4, -0.2) is 27.7 Å². The maximum Gasteiger partial charge on any atom is 0.231 e. The van der Waals surface area contributed by atoms with Crippen LogP contribution in [0, 0.1) is 5.82 Å². The third-order valence-corrected chi connectivity index (χ3v) is 4.96. The van der Waals surface area contributed by atoms with Crippen molar-refractivity contribution in [3.63, 3.8) is 0 Å². The summed E-state index contributed by atoms with van der Waals surface area (Å²) in [6.45, 7) is 0.0997. The zero-order valence-electron chi connectivity index (χ0n) is 13.7. The molecule has 0 saturated carbocycles. The Morgan fingerprint density at radius 2 is 1.81 bits per heavy atom. The predicted octanol–water partition coefficient (Wildman–Crippen LogP) is 2.00. The molecule has 0 radical (unpaired) electrons. The van der Waals surface area contributed by atoms with Gasteiger partial charge in [-0.25, -0.2) is 17.5 Å². The van der Waals surface area contributed by atoms with E-state index in [0.717, 1.165) is 0 Å². The third-order valence-electron chi connectivity index (χ3n) is 3.60. The smallest absolute Gasteiger partial charge is 0.231 e. The topological polar surface area (TPSA) is 93.7 Å². The fraction of sp³-hybridized carbons (Fsp3) is 0.235. The number of carbonyl (C=O) groups excluding carboxylic acids is 1. The zero-order chi connectivity index (χ0) is 18.6. The number of ether oxygens (including phenoxy) is 2. The standard InChI is InChI=1S/C17H17FN2O5S/c18-13-3-1-12(2-4-13)10-26(22,23)19-8-7-17(21)20-14-5-6-15-16(9-14)25-11-24-15/h1-6,9,19H,7-8,10-11H2,(H,20,21). The molecule has 0 saturated heterocycles. The van der Waals surface area contributed by atoms with Crippen molar-refractivity contribution < 1.29 is 27.1 Å². The molecule has 2 aromatic rings. The number of anilines is 1. The van der Waals surface area contributed by atoms with Crippen molar-refractivity contribution >= 4 is 21.6 Å². The fourth-order valence-electron chi connectivity index (χ4n) is 2.37. The first-order valence-corrected chi connectivity index (χ1v) is 9.48. The minimum Gasteiger partial charge on any atom is -0.454 e. The molecule has 26 heavy (non-hydrogen) atoms. The first kappa shape index (κ1) is 18.2. The molecule has 7 nitrogen and oxygen atoms in total. The summed E-state index contributed by atoms with van der Waals surface area (Å²) in [6.07, 6.45) is -0.0307. The second kappa shape index (κ2) is 7.71. The van der Waals surface area contributed by atoms with Crippen molar-refractivity contribution in [3.05, 3.63) is 53.8 Å². The Labute approximate surface area is 150 Å². The first-order valence-electron chi connectivity index (χ1n) is 7.82. The summed E-state index contributed by atoms with van der Waals surface area (Å²) in [5.41, 5.74) is 0.997. The molecule has 0 spiro atoms. The molecule has 1 amide bonds. The number of amides is 1. The van der Waals surface area contributed by atoms with Crippen LogP contribution in [0.3, 0.4) is 0 Å². The summed E-state index contributed by atoms with van der Waals surface area (Å²) in [7, 11) is -3.61. The van der Waals surface area contributed by atoms with Crippen LogP contribution in [0.4, 0.5) is 10.1 Å². The molecular formula is C17H17FN2O5S. The SMILES string of the molecule is O=C(CCNS(=O)(=O)Cc1ccc(F)cc1)Nc1ccc2c(c1)OCO2. The lowest BCUT2D eigenvalue weighted by Crippen LogP contribution is -2.28. The maximum absolute atomic E-state index is 12.8. The normalized spacial score (nSPS) is 12.8. The highest BCUT2D eigenvalue weighted by molar-refractivity contribution is 7.88. The summed E-state index contributed by atoms with van der Waals surface area (Å²) in [5, 5.41) is 2.66. The van der Waals surface area contributed by atoms with Crippen molar-refractivity contribution in [2.45, 2.75) is 12.2 Å². The van der Waals surface area contributed by atoms with Crippen molar-refractivity contribution in [2.75, 3.05) is 18.7 Å². The second-order valence-corrected chi connectivity index (χ2v) is 7.45. The lowest BCUT2D eigenvalue weighted by molar-refractivity contribution is -0.116. The monoisotopic (exact) mass is 380 g/mol. The number of hydrogen-bond donors (Lipinski definition) is 2. The number of nitrogens with one attached hydrogen (secondary N) is 2. The number of halogens is 1. The molecular weight excluding hydrogens is 363 g/mol. The van der Waals surface area contributed by atoms with Crippen LogP contribution < -0.4 is 19.5 Å². The molecule has 0 atom stereocenters. The highest BCUT2D eigenvalue weighted by Gasteiger charge is 2.15. The Kier molecular flexibility index (Phi) is 5.38. The Balaban J connectivity index is 1.46. The van der Waals surface area contributed by atoms with Gasteiger partial charge < -0.3 is 14.8 Å². The average Bonchev–Trinajstić information content (AvgIpc) is 3.04. The van der Waals surface area contributed by atoms with E-state index < -0.39 is 15.8 Å². The Hall–Kier alpha value is -2.65. The van der Waals surface area contributed by atoms with Crippen LogP contribution in [0.5, 0.6) is 11.5 Å². The first-order chi connectivity index (χ1) is 12.4. The van der Waals surface area contributed by atoms with Crippen LogP contribution in [0.25, 0.3) is 0 Å². The summed E-state index contributed by atoms with van der Waals surface area (Å²) in [5.74, 6) is 0.101. The largest absolute Gasteiger partial charge is 0.454 e. The highest BCUT2D eigenvalue weighted by Crippen LogP contribution is 2.34. The van der Waals surface area contributed by atoms with E-state index in [0.29, 0.717) is 22.7 Å². The molecule has 0 aliphatic carbocycles. The van der Waals surface area contributed by atoms with E-state index >= 15 is 0 Å². The van der Waals surface area contributed by atoms with Gasteiger partial charge in [0.15, 0.2) is 11.5 Å². The van der Waals surface area contributed by atoms with Crippen molar-refractivity contribution in [1.82, 2.24) is 4.72 Å². The van der Waals surface area contributed by atoms with E-state index in [2.05, 4.69) is 10.0 Å². The van der Waals surface area contributed by atoms with E-state index in [1.807, 2.05) is 0 Å². The van der Waals surface area contributed by atoms with E-state index in [9.17, 15) is 17.6 Å². The number of benzene rings is 2. The lowest BCUT2D eigenvalue weighted by Gasteiger charge is -2.08. The summed E-state index contributed by atoms with van der Waals surface area (Å²) in [6, 6.07) is 10.2. The van der Waals surface area contributed by atoms with Gasteiger partial charge in [-0.15, -0.1) is 0 Å². The van der Waals surface area contributed by atoms with Gasteiger partial charge in [0, 0.05) is 24.7 Å². The van der Waals surface area contributed by atoms with E-state index in [-0.39, 0.29) is 31.4 Å². The van der Waals surface area contributed by atoms with Gasteiger partial charge in [0.25, 0.3) is 0 Å². The van der Waals surface area contributed by atoms with Crippen LogP contribution in [-0.2, 0) is 20.6 Å². The zero-order valence-corrected chi connectivity index (χ0v) is 14.5. The van der Waals surface area contributed by atoms with Crippen molar-refractivity contribution in [1.29, 1.82) is 0 Å². The Morgan fingerprint density at radius 3 is 2.58 bits per heavy atom. The molecule has 0 aromatic heterocycles. The van der Waals surface area contributed by atoms with E-state index in [1.54, 1.807) is 18.2 Å². The third kappa shape index (κ3) is 4.93. The van der Waals surface area contributed by atoms with Crippen LogP contribution in [0.2, 0.25) is 0 Å². The molecule has 1 aliphatic rings. The fourth-order valence-corrected chi connectivity index (χ4v) is 3.52. The summed E-state index contributed by atoms with van der Waals surface area (Å²) < 4.78 is 49.6. The minimum atomic E-state index is -3.61. The molecule has 9 heteroatoms. The van der Waals surface area contributed by atoms with Gasteiger partial charge >= 0.3 is 0 Å². The molecule has 2 N–H and O–H groups in total. The molecule has 0 bridgehead atoms. The summed E-state index contributed by atoms with van der Waals surface area (Å²) in [4.78, 5) is 11.9. The highest BCUT2D eigenvalue weighted by atomic mass is 32.2. The van der Waals surface area contributed by atoms with Gasteiger partial charge in [0.1, 0.15) is 5.82 Å². The second-order valence-electron chi connectivity index (χ2n) is 5.65. The molecule has 0 fully saturated rings. The van der Waals surface area contributed by atoms with E-state index in [1.165, 1.54) is 24.3 Å². The van der Waals surface area contributed by atoms with Crippen LogP contribution in [0.15, 0.2) is 42.5 Å². The van der Waals surface area contributed by atoms with Gasteiger partial charge in [0.2, 0.25) is 22.7 Å². The van der Waals surface area contributed by atoms with Crippen LogP contribution in [0.1, 0.15) is 12.0 Å². The minimum absolute atomic E-state index is 0.0307. The van der Waals surface area contributed by atoms with Gasteiger partial charge in [-0.1, -0.05) is 12.1 Å². The number of rotatable bonds is 7. The van der Waals surface area contributed by atoms with Crippen molar-refractivity contribution in [2.24, 2.45) is 0 Å². The van der Waals surface area contributed by atoms with E-state index in [4.69, 9.17) is 9.47 Å². The van der Waals surface area contributed by atoms with Gasteiger partial charge in [-0.05, 0) is 29.8 Å². The van der Waals surface area contributed by atoms with Crippen molar-refractivity contribution in [3.8, 4) is 11.5 Å². The quantitative estimate of drug-likeness (QED) is 0.766. The molecule has 138 valence electrons. The average molecular weight is 380 g/mol. The lowest BCUT2D eigenvalue weighted by atomic mass is 10.2. The molecule has 2 aromatic carbocycles. The van der Waals surface area contributed by atoms with Crippen LogP contribution >= 0.6 is 0 Å². The summed E-state index contributed by atoms with van der Waals surface area (Å²) >= 11 is 0. The molecule has 3 rings (SSSR count). The predicted molar refractivity (Wildman–Crippen MR) is 92.8 cm³/mol. The Morgan fingerprint density at radius 1 is 1.08 bits per heavy atom.